The second-order valence-electron chi connectivity index (χ2n) is 6.04. The van der Waals surface area contributed by atoms with E-state index in [1.807, 2.05) is 48.5 Å². The number of aromatic nitrogens is 2. The summed E-state index contributed by atoms with van der Waals surface area (Å²) in [5.74, 6) is 0.591. The first kappa shape index (κ1) is 18.3. The van der Waals surface area contributed by atoms with E-state index in [4.69, 9.17) is 9.47 Å². The van der Waals surface area contributed by atoms with Crippen molar-refractivity contribution in [2.75, 3.05) is 19.8 Å². The first-order valence-corrected chi connectivity index (χ1v) is 9.03. The average molecular weight is 352 g/mol. The van der Waals surface area contributed by atoms with Gasteiger partial charge in [0.15, 0.2) is 0 Å². The van der Waals surface area contributed by atoms with Gasteiger partial charge < -0.3 is 9.47 Å². The van der Waals surface area contributed by atoms with Crippen molar-refractivity contribution in [2.24, 2.45) is 0 Å². The lowest BCUT2D eigenvalue weighted by molar-refractivity contribution is 0.0368. The lowest BCUT2D eigenvalue weighted by Gasteiger charge is -2.14. The number of fused-ring (bicyclic) bond motifs is 1. The van der Waals surface area contributed by atoms with E-state index < -0.39 is 0 Å². The molecule has 1 aromatic heterocycles. The van der Waals surface area contributed by atoms with Gasteiger partial charge in [0.05, 0.1) is 29.8 Å². The van der Waals surface area contributed by atoms with Crippen LogP contribution in [0.25, 0.3) is 16.6 Å². The van der Waals surface area contributed by atoms with Gasteiger partial charge in [0.25, 0.3) is 5.56 Å². The highest BCUT2D eigenvalue weighted by Gasteiger charge is 2.12. The van der Waals surface area contributed by atoms with Gasteiger partial charge in [-0.05, 0) is 30.7 Å². The van der Waals surface area contributed by atoms with Gasteiger partial charge in [0, 0.05) is 6.61 Å². The van der Waals surface area contributed by atoms with Crippen LogP contribution in [0.2, 0.25) is 0 Å². The Morgan fingerprint density at radius 3 is 2.46 bits per heavy atom. The highest BCUT2D eigenvalue weighted by Crippen LogP contribution is 2.13. The highest BCUT2D eigenvalue weighted by atomic mass is 16.5. The third-order valence-corrected chi connectivity index (χ3v) is 4.10. The molecular weight excluding hydrogens is 328 g/mol. The van der Waals surface area contributed by atoms with Crippen molar-refractivity contribution in [2.45, 2.75) is 26.4 Å². The standard InChI is InChI=1S/C21H24N2O3/c1-2-3-13-25-14-15-26-16-20-22-19-12-8-7-11-18(19)21(24)23(20)17-9-5-4-6-10-17/h4-12H,2-3,13-16H2,1H3. The van der Waals surface area contributed by atoms with E-state index in [0.29, 0.717) is 29.9 Å². The fourth-order valence-corrected chi connectivity index (χ4v) is 2.75. The summed E-state index contributed by atoms with van der Waals surface area (Å²) in [4.78, 5) is 17.7. The van der Waals surface area contributed by atoms with Crippen LogP contribution in [0.3, 0.4) is 0 Å². The zero-order valence-electron chi connectivity index (χ0n) is 15.1. The van der Waals surface area contributed by atoms with Crippen molar-refractivity contribution >= 4 is 10.9 Å². The fraction of sp³-hybridized carbons (Fsp3) is 0.333. The summed E-state index contributed by atoms with van der Waals surface area (Å²) in [5, 5.41) is 0.600. The third-order valence-electron chi connectivity index (χ3n) is 4.10. The Kier molecular flexibility index (Phi) is 6.52. The molecule has 0 aliphatic rings. The topological polar surface area (TPSA) is 53.4 Å². The van der Waals surface area contributed by atoms with Crippen LogP contribution in [-0.2, 0) is 16.1 Å². The number of benzene rings is 2. The van der Waals surface area contributed by atoms with Crippen LogP contribution in [0.4, 0.5) is 0 Å². The first-order valence-electron chi connectivity index (χ1n) is 9.03. The molecule has 0 unspecified atom stereocenters. The Morgan fingerprint density at radius 2 is 1.65 bits per heavy atom. The van der Waals surface area contributed by atoms with E-state index in [1.54, 1.807) is 10.6 Å². The Morgan fingerprint density at radius 1 is 0.923 bits per heavy atom. The molecule has 0 atom stereocenters. The van der Waals surface area contributed by atoms with Crippen LogP contribution in [0, 0.1) is 0 Å². The van der Waals surface area contributed by atoms with Gasteiger partial charge in [-0.25, -0.2) is 4.98 Å². The van der Waals surface area contributed by atoms with Crippen LogP contribution in [0.15, 0.2) is 59.4 Å². The monoisotopic (exact) mass is 352 g/mol. The largest absolute Gasteiger partial charge is 0.379 e. The molecule has 0 saturated heterocycles. The van der Waals surface area contributed by atoms with Crippen molar-refractivity contribution in [3.63, 3.8) is 0 Å². The van der Waals surface area contributed by atoms with Crippen molar-refractivity contribution in [1.82, 2.24) is 9.55 Å². The number of unbranched alkanes of at least 4 members (excludes halogenated alkanes) is 1. The van der Waals surface area contributed by atoms with Crippen LogP contribution < -0.4 is 5.56 Å². The molecule has 1 heterocycles. The zero-order chi connectivity index (χ0) is 18.2. The summed E-state index contributed by atoms with van der Waals surface area (Å²) in [6, 6.07) is 16.9. The highest BCUT2D eigenvalue weighted by molar-refractivity contribution is 5.77. The summed E-state index contributed by atoms with van der Waals surface area (Å²) in [6.07, 6.45) is 2.17. The van der Waals surface area contributed by atoms with E-state index in [-0.39, 0.29) is 12.2 Å². The molecule has 0 aliphatic carbocycles. The number of hydrogen-bond donors (Lipinski definition) is 0. The number of para-hydroxylation sites is 2. The Hall–Kier alpha value is -2.50. The maximum Gasteiger partial charge on any atom is 0.266 e. The predicted octanol–water partition coefficient (Wildman–Crippen LogP) is 3.72. The van der Waals surface area contributed by atoms with Crippen LogP contribution in [0.1, 0.15) is 25.6 Å². The maximum absolute atomic E-state index is 13.0. The molecule has 0 saturated carbocycles. The van der Waals surface area contributed by atoms with Gasteiger partial charge in [-0.3, -0.25) is 9.36 Å². The van der Waals surface area contributed by atoms with Crippen LogP contribution in [0.5, 0.6) is 0 Å². The fourth-order valence-electron chi connectivity index (χ4n) is 2.75. The number of hydrogen-bond acceptors (Lipinski definition) is 4. The Balaban J connectivity index is 1.83. The lowest BCUT2D eigenvalue weighted by Crippen LogP contribution is -2.24. The van der Waals surface area contributed by atoms with E-state index in [9.17, 15) is 4.79 Å². The molecule has 3 aromatic rings. The first-order chi connectivity index (χ1) is 12.8. The summed E-state index contributed by atoms with van der Waals surface area (Å²) < 4.78 is 12.9. The van der Waals surface area contributed by atoms with E-state index in [2.05, 4.69) is 11.9 Å². The molecule has 0 fully saturated rings. The van der Waals surface area contributed by atoms with Crippen molar-refractivity contribution < 1.29 is 9.47 Å². The smallest absolute Gasteiger partial charge is 0.266 e. The molecule has 0 amide bonds. The van der Waals surface area contributed by atoms with Gasteiger partial charge in [0.2, 0.25) is 0 Å². The molecule has 5 heteroatoms. The lowest BCUT2D eigenvalue weighted by atomic mass is 10.2. The predicted molar refractivity (Wildman–Crippen MR) is 103 cm³/mol. The van der Waals surface area contributed by atoms with Crippen LogP contribution in [-0.4, -0.2) is 29.4 Å². The summed E-state index contributed by atoms with van der Waals surface area (Å²) in [7, 11) is 0. The number of nitrogens with zero attached hydrogens (tertiary/aromatic N) is 2. The molecule has 136 valence electrons. The van der Waals surface area contributed by atoms with E-state index in [1.165, 1.54) is 0 Å². The van der Waals surface area contributed by atoms with Gasteiger partial charge in [-0.1, -0.05) is 43.7 Å². The number of rotatable bonds is 9. The minimum Gasteiger partial charge on any atom is -0.379 e. The SMILES string of the molecule is CCCCOCCOCc1nc2ccccc2c(=O)n1-c1ccccc1. The normalized spacial score (nSPS) is 11.1. The Labute approximate surface area is 153 Å². The molecule has 0 bridgehead atoms. The Bertz CT molecular complexity index is 891. The van der Waals surface area contributed by atoms with E-state index in [0.717, 1.165) is 25.1 Å². The van der Waals surface area contributed by atoms with Crippen molar-refractivity contribution in [3.8, 4) is 5.69 Å². The second kappa shape index (κ2) is 9.27. The average Bonchev–Trinajstić information content (AvgIpc) is 2.68. The minimum absolute atomic E-state index is 0.0837. The van der Waals surface area contributed by atoms with Gasteiger partial charge in [-0.2, -0.15) is 0 Å². The molecule has 26 heavy (non-hydrogen) atoms. The van der Waals surface area contributed by atoms with Crippen molar-refractivity contribution in [3.05, 3.63) is 70.8 Å². The quantitative estimate of drug-likeness (QED) is 0.551. The zero-order valence-corrected chi connectivity index (χ0v) is 15.1. The summed E-state index contributed by atoms with van der Waals surface area (Å²) in [6.45, 7) is 4.16. The van der Waals surface area contributed by atoms with Crippen molar-refractivity contribution in [1.29, 1.82) is 0 Å². The molecule has 5 nitrogen and oxygen atoms in total. The van der Waals surface area contributed by atoms with E-state index >= 15 is 0 Å². The molecule has 0 N–H and O–H groups in total. The minimum atomic E-state index is -0.0837. The second-order valence-corrected chi connectivity index (χ2v) is 6.04. The molecular formula is C21H24N2O3. The molecule has 0 aliphatic heterocycles. The van der Waals surface area contributed by atoms with Gasteiger partial charge in [-0.15, -0.1) is 0 Å². The molecule has 0 spiro atoms. The third kappa shape index (κ3) is 4.36. The maximum atomic E-state index is 13.0. The summed E-state index contributed by atoms with van der Waals surface area (Å²) >= 11 is 0. The number of ether oxygens (including phenoxy) is 2. The van der Waals surface area contributed by atoms with Gasteiger partial charge in [0.1, 0.15) is 12.4 Å². The van der Waals surface area contributed by atoms with Gasteiger partial charge >= 0.3 is 0 Å². The molecule has 2 aromatic carbocycles. The molecule has 3 rings (SSSR count). The summed E-state index contributed by atoms with van der Waals surface area (Å²) in [5.41, 5.74) is 1.38. The molecule has 0 radical (unpaired) electrons. The van der Waals surface area contributed by atoms with Crippen LogP contribution >= 0.6 is 0 Å².